The lowest BCUT2D eigenvalue weighted by atomic mass is 10.00. The van der Waals surface area contributed by atoms with Crippen molar-refractivity contribution < 1.29 is 26.6 Å². The van der Waals surface area contributed by atoms with Crippen molar-refractivity contribution in [2.75, 3.05) is 39.6 Å². The second kappa shape index (κ2) is 12.6. The van der Waals surface area contributed by atoms with Gasteiger partial charge in [0.1, 0.15) is 0 Å². The van der Waals surface area contributed by atoms with Crippen LogP contribution in [0, 0.1) is 5.41 Å². The molecule has 0 heterocycles. The van der Waals surface area contributed by atoms with E-state index in [0.717, 1.165) is 0 Å². The minimum absolute atomic E-state index is 0.155. The lowest BCUT2D eigenvalue weighted by molar-refractivity contribution is 0.0499. The molecule has 25 heavy (non-hydrogen) atoms. The second-order valence-corrected chi connectivity index (χ2v) is 11.7. The van der Waals surface area contributed by atoms with Gasteiger partial charge < -0.3 is 26.6 Å². The lowest BCUT2D eigenvalue weighted by Gasteiger charge is -2.39. The first-order valence-electron chi connectivity index (χ1n) is 9.61. The minimum Gasteiger partial charge on any atom is -0.374 e. The fourth-order valence-electron chi connectivity index (χ4n) is 3.11. The molecule has 8 heteroatoms. The quantitative estimate of drug-likeness (QED) is 0.366. The smallest absolute Gasteiger partial charge is 0.374 e. The molecule has 0 spiro atoms. The summed E-state index contributed by atoms with van der Waals surface area (Å²) >= 11 is 0. The van der Waals surface area contributed by atoms with Gasteiger partial charge in [-0.2, -0.15) is 0 Å². The molecule has 0 atom stereocenters. The highest BCUT2D eigenvalue weighted by molar-refractivity contribution is 6.63. The van der Waals surface area contributed by atoms with Crippen LogP contribution in [0.5, 0.6) is 0 Å². The van der Waals surface area contributed by atoms with Crippen LogP contribution in [0.4, 0.5) is 0 Å². The van der Waals surface area contributed by atoms with Crippen LogP contribution < -0.4 is 0 Å². The van der Waals surface area contributed by atoms with Crippen molar-refractivity contribution in [1.29, 1.82) is 0 Å². The summed E-state index contributed by atoms with van der Waals surface area (Å²) < 4.78 is 36.2. The SMILES string of the molecule is CCO[Si](CC(C)(C)C[Si](OCC)(OCC)OCC)(OCC)OCC. The van der Waals surface area contributed by atoms with Gasteiger partial charge in [0.25, 0.3) is 0 Å². The number of rotatable bonds is 16. The van der Waals surface area contributed by atoms with E-state index in [2.05, 4.69) is 13.8 Å². The molecule has 0 N–H and O–H groups in total. The molecule has 0 aliphatic heterocycles. The third kappa shape index (κ3) is 9.10. The molecule has 0 aromatic carbocycles. The second-order valence-electron chi connectivity index (χ2n) is 6.48. The third-order valence-corrected chi connectivity index (χ3v) is 10.7. The number of hydrogen-bond donors (Lipinski definition) is 0. The van der Waals surface area contributed by atoms with Crippen molar-refractivity contribution in [3.05, 3.63) is 0 Å². The van der Waals surface area contributed by atoms with Gasteiger partial charge in [0.2, 0.25) is 0 Å². The van der Waals surface area contributed by atoms with Gasteiger partial charge in [-0.1, -0.05) is 13.8 Å². The van der Waals surface area contributed by atoms with Crippen LogP contribution in [-0.2, 0) is 26.6 Å². The fraction of sp³-hybridized carbons (Fsp3) is 1.00. The molecule has 0 saturated heterocycles. The van der Waals surface area contributed by atoms with E-state index < -0.39 is 17.6 Å². The molecule has 0 fully saturated rings. The highest BCUT2D eigenvalue weighted by atomic mass is 28.4. The van der Waals surface area contributed by atoms with Crippen LogP contribution in [0.3, 0.4) is 0 Å². The highest BCUT2D eigenvalue weighted by Crippen LogP contribution is 2.39. The Morgan fingerprint density at radius 2 is 0.680 bits per heavy atom. The number of hydrogen-bond acceptors (Lipinski definition) is 6. The van der Waals surface area contributed by atoms with Crippen molar-refractivity contribution in [2.45, 2.75) is 67.5 Å². The Labute approximate surface area is 157 Å². The zero-order valence-corrected chi connectivity index (χ0v) is 19.6. The Balaban J connectivity index is 5.43. The van der Waals surface area contributed by atoms with Gasteiger partial charge in [0.05, 0.1) is 0 Å². The zero-order chi connectivity index (χ0) is 19.4. The molecule has 0 bridgehead atoms. The van der Waals surface area contributed by atoms with Gasteiger partial charge >= 0.3 is 17.6 Å². The molecule has 0 aliphatic carbocycles. The first kappa shape index (κ1) is 25.2. The molecule has 0 saturated carbocycles. The molecule has 0 rings (SSSR count). The van der Waals surface area contributed by atoms with Crippen molar-refractivity contribution in [3.63, 3.8) is 0 Å². The van der Waals surface area contributed by atoms with Gasteiger partial charge in [-0.15, -0.1) is 0 Å². The van der Waals surface area contributed by atoms with E-state index in [9.17, 15) is 0 Å². The van der Waals surface area contributed by atoms with Crippen molar-refractivity contribution in [2.24, 2.45) is 5.41 Å². The topological polar surface area (TPSA) is 55.4 Å². The summed E-state index contributed by atoms with van der Waals surface area (Å²) in [6.45, 7) is 19.7. The molecule has 0 amide bonds. The first-order valence-corrected chi connectivity index (χ1v) is 13.5. The van der Waals surface area contributed by atoms with Gasteiger partial charge in [-0.3, -0.25) is 0 Å². The normalized spacial score (nSPS) is 13.4. The van der Waals surface area contributed by atoms with Crippen molar-refractivity contribution in [3.8, 4) is 0 Å². The Morgan fingerprint density at radius 1 is 0.480 bits per heavy atom. The maximum atomic E-state index is 6.03. The first-order chi connectivity index (χ1) is 11.8. The predicted octanol–water partition coefficient (Wildman–Crippen LogP) is 4.11. The maximum absolute atomic E-state index is 6.03. The van der Waals surface area contributed by atoms with E-state index in [4.69, 9.17) is 26.6 Å². The molecule has 0 radical (unpaired) electrons. The van der Waals surface area contributed by atoms with Crippen molar-refractivity contribution in [1.82, 2.24) is 0 Å². The Bertz CT molecular complexity index is 277. The largest absolute Gasteiger partial charge is 0.501 e. The molecule has 0 aromatic rings. The van der Waals surface area contributed by atoms with Gasteiger partial charge in [0, 0.05) is 51.7 Å². The molecule has 0 aromatic heterocycles. The molecule has 152 valence electrons. The van der Waals surface area contributed by atoms with Crippen LogP contribution in [-0.4, -0.2) is 57.3 Å². The minimum atomic E-state index is -2.74. The Morgan fingerprint density at radius 3 is 0.840 bits per heavy atom. The summed E-state index contributed by atoms with van der Waals surface area (Å²) in [6.07, 6.45) is 0. The Kier molecular flexibility index (Phi) is 12.7. The van der Waals surface area contributed by atoms with Crippen LogP contribution in [0.15, 0.2) is 0 Å². The zero-order valence-electron chi connectivity index (χ0n) is 17.6. The molecule has 6 nitrogen and oxygen atoms in total. The summed E-state index contributed by atoms with van der Waals surface area (Å²) in [4.78, 5) is 0. The van der Waals surface area contributed by atoms with E-state index >= 15 is 0 Å². The van der Waals surface area contributed by atoms with Crippen molar-refractivity contribution >= 4 is 17.6 Å². The van der Waals surface area contributed by atoms with E-state index in [1.165, 1.54) is 0 Å². The summed E-state index contributed by atoms with van der Waals surface area (Å²) in [5.74, 6) is 0. The molecule has 0 aliphatic rings. The van der Waals surface area contributed by atoms with E-state index in [0.29, 0.717) is 51.7 Å². The summed E-state index contributed by atoms with van der Waals surface area (Å²) in [6, 6.07) is 1.41. The van der Waals surface area contributed by atoms with Crippen LogP contribution in [0.25, 0.3) is 0 Å². The molecular weight excluding hydrogens is 356 g/mol. The molecular formula is C17H40O6Si2. The monoisotopic (exact) mass is 396 g/mol. The average Bonchev–Trinajstić information content (AvgIpc) is 2.47. The van der Waals surface area contributed by atoms with E-state index in [1.54, 1.807) is 0 Å². The standard InChI is InChI=1S/C17H40O6Si2/c1-9-18-24(19-10-2,20-11-3)15-17(7,8)16-25(21-12-4,22-13-5)23-14-6/h9-16H2,1-8H3. The van der Waals surface area contributed by atoms with Crippen LogP contribution in [0.2, 0.25) is 12.1 Å². The van der Waals surface area contributed by atoms with Crippen LogP contribution >= 0.6 is 0 Å². The lowest BCUT2D eigenvalue weighted by Crippen LogP contribution is -2.53. The fourth-order valence-corrected chi connectivity index (χ4v) is 9.71. The molecule has 0 unspecified atom stereocenters. The summed E-state index contributed by atoms with van der Waals surface area (Å²) in [7, 11) is -5.49. The van der Waals surface area contributed by atoms with Gasteiger partial charge in [0.15, 0.2) is 0 Å². The third-order valence-electron chi connectivity index (χ3n) is 3.58. The van der Waals surface area contributed by atoms with E-state index in [-0.39, 0.29) is 5.41 Å². The van der Waals surface area contributed by atoms with E-state index in [1.807, 2.05) is 41.5 Å². The predicted molar refractivity (Wildman–Crippen MR) is 105 cm³/mol. The summed E-state index contributed by atoms with van der Waals surface area (Å²) in [5.41, 5.74) is -0.155. The Hall–Kier alpha value is 0.194. The maximum Gasteiger partial charge on any atom is 0.501 e. The highest BCUT2D eigenvalue weighted by Gasteiger charge is 2.51. The van der Waals surface area contributed by atoms with Gasteiger partial charge in [-0.25, -0.2) is 0 Å². The van der Waals surface area contributed by atoms with Gasteiger partial charge in [-0.05, 0) is 47.0 Å². The average molecular weight is 397 g/mol. The van der Waals surface area contributed by atoms with Crippen LogP contribution in [0.1, 0.15) is 55.4 Å². The summed E-state index contributed by atoms with van der Waals surface area (Å²) in [5, 5.41) is 0.